The Morgan fingerprint density at radius 2 is 1.70 bits per heavy atom. The van der Waals surface area contributed by atoms with Crippen LogP contribution in [0.2, 0.25) is 0 Å². The van der Waals surface area contributed by atoms with Crippen LogP contribution in [0.25, 0.3) is 10.8 Å². The van der Waals surface area contributed by atoms with Crippen molar-refractivity contribution in [2.75, 3.05) is 0 Å². The summed E-state index contributed by atoms with van der Waals surface area (Å²) in [4.78, 5) is 12.2. The number of hydrogen-bond acceptors (Lipinski definition) is 1. The molecule has 0 unspecified atom stereocenters. The zero-order chi connectivity index (χ0) is 16.2. The maximum Gasteiger partial charge on any atom is 0.224 e. The van der Waals surface area contributed by atoms with Gasteiger partial charge in [0.1, 0.15) is 0 Å². The average Bonchev–Trinajstić information content (AvgIpc) is 2.56. The highest BCUT2D eigenvalue weighted by atomic mass is 16.1. The summed E-state index contributed by atoms with van der Waals surface area (Å²) in [6, 6.07) is 20.6. The summed E-state index contributed by atoms with van der Waals surface area (Å²) >= 11 is 0. The summed E-state index contributed by atoms with van der Waals surface area (Å²) in [5.74, 6) is 0.0567. The van der Waals surface area contributed by atoms with Gasteiger partial charge in [-0.25, -0.2) is 0 Å². The molecule has 0 aliphatic heterocycles. The summed E-state index contributed by atoms with van der Waals surface area (Å²) in [5.41, 5.74) is 4.69. The molecular weight excluding hydrogens is 282 g/mol. The monoisotopic (exact) mass is 303 g/mol. The second kappa shape index (κ2) is 6.66. The fourth-order valence-corrected chi connectivity index (χ4v) is 2.80. The molecule has 2 heteroatoms. The van der Waals surface area contributed by atoms with E-state index in [0.717, 1.165) is 11.1 Å². The molecule has 0 bridgehead atoms. The molecule has 0 aliphatic carbocycles. The van der Waals surface area contributed by atoms with E-state index < -0.39 is 0 Å². The van der Waals surface area contributed by atoms with Gasteiger partial charge in [-0.05, 0) is 46.9 Å². The van der Waals surface area contributed by atoms with Crippen molar-refractivity contribution < 1.29 is 4.79 Å². The lowest BCUT2D eigenvalue weighted by Crippen LogP contribution is -2.24. The van der Waals surface area contributed by atoms with Gasteiger partial charge in [0.15, 0.2) is 0 Å². The quantitative estimate of drug-likeness (QED) is 0.764. The first kappa shape index (κ1) is 15.3. The standard InChI is InChI=1S/C21H21NO/c1-15-10-11-17(12-16(15)2)13-21(23)22-14-19-8-5-7-18-6-3-4-9-20(18)19/h3-12H,13-14H2,1-2H3,(H,22,23). The highest BCUT2D eigenvalue weighted by Gasteiger charge is 2.06. The molecule has 116 valence electrons. The molecule has 3 aromatic carbocycles. The number of aryl methyl sites for hydroxylation is 2. The average molecular weight is 303 g/mol. The molecule has 0 radical (unpaired) electrons. The SMILES string of the molecule is Cc1ccc(CC(=O)NCc2cccc3ccccc23)cc1C. The lowest BCUT2D eigenvalue weighted by atomic mass is 10.0. The third-order valence-electron chi connectivity index (χ3n) is 4.29. The van der Waals surface area contributed by atoms with E-state index in [9.17, 15) is 4.79 Å². The van der Waals surface area contributed by atoms with Crippen molar-refractivity contribution in [2.24, 2.45) is 0 Å². The van der Waals surface area contributed by atoms with Crippen molar-refractivity contribution in [1.82, 2.24) is 5.32 Å². The van der Waals surface area contributed by atoms with E-state index in [1.165, 1.54) is 21.9 Å². The van der Waals surface area contributed by atoms with Gasteiger partial charge in [0.2, 0.25) is 5.91 Å². The minimum absolute atomic E-state index is 0.0567. The second-order valence-electron chi connectivity index (χ2n) is 6.01. The topological polar surface area (TPSA) is 29.1 Å². The lowest BCUT2D eigenvalue weighted by molar-refractivity contribution is -0.120. The van der Waals surface area contributed by atoms with E-state index in [-0.39, 0.29) is 5.91 Å². The highest BCUT2D eigenvalue weighted by molar-refractivity contribution is 5.86. The Bertz CT molecular complexity index is 846. The van der Waals surface area contributed by atoms with Gasteiger partial charge in [-0.2, -0.15) is 0 Å². The third-order valence-corrected chi connectivity index (χ3v) is 4.29. The number of rotatable bonds is 4. The number of carbonyl (C=O) groups is 1. The Morgan fingerprint density at radius 3 is 2.52 bits per heavy atom. The first-order valence-electron chi connectivity index (χ1n) is 7.93. The molecule has 2 nitrogen and oxygen atoms in total. The molecule has 3 aromatic rings. The zero-order valence-electron chi connectivity index (χ0n) is 13.6. The molecule has 0 aromatic heterocycles. The van der Waals surface area contributed by atoms with Crippen LogP contribution in [0.5, 0.6) is 0 Å². The van der Waals surface area contributed by atoms with Crippen LogP contribution >= 0.6 is 0 Å². The van der Waals surface area contributed by atoms with Gasteiger partial charge < -0.3 is 5.32 Å². The molecule has 0 spiro atoms. The van der Waals surface area contributed by atoms with Crippen molar-refractivity contribution in [3.8, 4) is 0 Å². The van der Waals surface area contributed by atoms with Crippen molar-refractivity contribution in [3.05, 3.63) is 82.9 Å². The van der Waals surface area contributed by atoms with Crippen LogP contribution in [0.1, 0.15) is 22.3 Å². The van der Waals surface area contributed by atoms with Crippen LogP contribution in [0.4, 0.5) is 0 Å². The Morgan fingerprint density at radius 1 is 0.913 bits per heavy atom. The molecule has 0 heterocycles. The Labute approximate surface area is 137 Å². The van der Waals surface area contributed by atoms with Crippen LogP contribution in [0.3, 0.4) is 0 Å². The number of amides is 1. The predicted molar refractivity (Wildman–Crippen MR) is 95.4 cm³/mol. The zero-order valence-corrected chi connectivity index (χ0v) is 13.6. The molecular formula is C21H21NO. The second-order valence-corrected chi connectivity index (χ2v) is 6.01. The number of hydrogen-bond donors (Lipinski definition) is 1. The molecule has 0 saturated carbocycles. The largest absolute Gasteiger partial charge is 0.352 e. The number of benzene rings is 3. The van der Waals surface area contributed by atoms with Gasteiger partial charge in [0, 0.05) is 6.54 Å². The Balaban J connectivity index is 1.67. The molecule has 3 rings (SSSR count). The summed E-state index contributed by atoms with van der Waals surface area (Å²) in [6.07, 6.45) is 0.423. The molecule has 1 amide bonds. The summed E-state index contributed by atoms with van der Waals surface area (Å²) in [7, 11) is 0. The number of carbonyl (C=O) groups excluding carboxylic acids is 1. The lowest BCUT2D eigenvalue weighted by Gasteiger charge is -2.09. The van der Waals surface area contributed by atoms with E-state index >= 15 is 0 Å². The van der Waals surface area contributed by atoms with Crippen molar-refractivity contribution in [1.29, 1.82) is 0 Å². The minimum Gasteiger partial charge on any atom is -0.352 e. The van der Waals surface area contributed by atoms with Crippen molar-refractivity contribution in [2.45, 2.75) is 26.8 Å². The summed E-state index contributed by atoms with van der Waals surface area (Å²) in [6.45, 7) is 4.72. The highest BCUT2D eigenvalue weighted by Crippen LogP contribution is 2.18. The smallest absolute Gasteiger partial charge is 0.224 e. The molecule has 1 N–H and O–H groups in total. The van der Waals surface area contributed by atoms with Crippen LogP contribution < -0.4 is 5.32 Å². The fraction of sp³-hybridized carbons (Fsp3) is 0.190. The number of fused-ring (bicyclic) bond motifs is 1. The molecule has 0 aliphatic rings. The van der Waals surface area contributed by atoms with Gasteiger partial charge in [-0.1, -0.05) is 60.7 Å². The first-order chi connectivity index (χ1) is 11.1. The van der Waals surface area contributed by atoms with E-state index in [1.807, 2.05) is 24.3 Å². The minimum atomic E-state index is 0.0567. The maximum atomic E-state index is 12.2. The predicted octanol–water partition coefficient (Wildman–Crippen LogP) is 4.32. The van der Waals surface area contributed by atoms with Gasteiger partial charge in [-0.15, -0.1) is 0 Å². The van der Waals surface area contributed by atoms with Gasteiger partial charge in [0.25, 0.3) is 0 Å². The summed E-state index contributed by atoms with van der Waals surface area (Å²) in [5, 5.41) is 5.43. The number of nitrogens with one attached hydrogen (secondary N) is 1. The van der Waals surface area contributed by atoms with Gasteiger partial charge in [0.05, 0.1) is 6.42 Å². The van der Waals surface area contributed by atoms with Crippen LogP contribution in [-0.4, -0.2) is 5.91 Å². The molecule has 0 atom stereocenters. The van der Waals surface area contributed by atoms with Crippen LogP contribution in [0, 0.1) is 13.8 Å². The Hall–Kier alpha value is -2.61. The van der Waals surface area contributed by atoms with Crippen molar-refractivity contribution >= 4 is 16.7 Å². The Kier molecular flexibility index (Phi) is 4.42. The first-order valence-corrected chi connectivity index (χ1v) is 7.93. The third kappa shape index (κ3) is 3.59. The fourth-order valence-electron chi connectivity index (χ4n) is 2.80. The van der Waals surface area contributed by atoms with Gasteiger partial charge >= 0.3 is 0 Å². The molecule has 0 saturated heterocycles. The molecule has 23 heavy (non-hydrogen) atoms. The van der Waals surface area contributed by atoms with Crippen LogP contribution in [-0.2, 0) is 17.8 Å². The van der Waals surface area contributed by atoms with E-state index in [0.29, 0.717) is 13.0 Å². The normalized spacial score (nSPS) is 10.7. The maximum absolute atomic E-state index is 12.2. The molecule has 0 fully saturated rings. The summed E-state index contributed by atoms with van der Waals surface area (Å²) < 4.78 is 0. The van der Waals surface area contributed by atoms with Crippen LogP contribution in [0.15, 0.2) is 60.7 Å². The van der Waals surface area contributed by atoms with E-state index in [2.05, 4.69) is 55.6 Å². The van der Waals surface area contributed by atoms with E-state index in [4.69, 9.17) is 0 Å². The van der Waals surface area contributed by atoms with Crippen molar-refractivity contribution in [3.63, 3.8) is 0 Å². The van der Waals surface area contributed by atoms with Gasteiger partial charge in [-0.3, -0.25) is 4.79 Å². The van der Waals surface area contributed by atoms with E-state index in [1.54, 1.807) is 0 Å².